The second-order valence-corrected chi connectivity index (χ2v) is 6.62. The third-order valence-electron chi connectivity index (χ3n) is 4.59. The Labute approximate surface area is 133 Å². The van der Waals surface area contributed by atoms with Crippen LogP contribution in [0.1, 0.15) is 38.8 Å². The summed E-state index contributed by atoms with van der Waals surface area (Å²) < 4.78 is 5.52. The number of hydrogen-bond acceptors (Lipinski definition) is 3. The van der Waals surface area contributed by atoms with Crippen LogP contribution in [0, 0.1) is 0 Å². The lowest BCUT2D eigenvalue weighted by Gasteiger charge is -2.41. The number of carbonyl (C=O) groups excluding carboxylic acids is 1. The molecular formula is C18H27NO3. The maximum absolute atomic E-state index is 13.0. The summed E-state index contributed by atoms with van der Waals surface area (Å²) in [6, 6.07) is 8.30. The number of rotatable bonds is 4. The first-order chi connectivity index (χ1) is 10.4. The fourth-order valence-corrected chi connectivity index (χ4v) is 2.85. The molecule has 4 heteroatoms. The number of nitrogens with zero attached hydrogens (tertiary/aromatic N) is 1. The van der Waals surface area contributed by atoms with Crippen LogP contribution in [0.2, 0.25) is 0 Å². The Kier molecular flexibility index (Phi) is 5.24. The molecule has 0 aromatic heterocycles. The number of carbonyl (C=O) groups is 1. The van der Waals surface area contributed by atoms with Crippen LogP contribution < -0.4 is 0 Å². The van der Waals surface area contributed by atoms with Gasteiger partial charge in [0.2, 0.25) is 5.91 Å². The van der Waals surface area contributed by atoms with E-state index in [2.05, 4.69) is 19.1 Å². The molecule has 122 valence electrons. The topological polar surface area (TPSA) is 49.8 Å². The molecular weight excluding hydrogens is 278 g/mol. The van der Waals surface area contributed by atoms with Crippen molar-refractivity contribution in [2.24, 2.45) is 0 Å². The number of ether oxygens (including phenoxy) is 1. The van der Waals surface area contributed by atoms with Crippen LogP contribution in [0.25, 0.3) is 0 Å². The van der Waals surface area contributed by atoms with Gasteiger partial charge in [-0.15, -0.1) is 0 Å². The summed E-state index contributed by atoms with van der Waals surface area (Å²) in [7, 11) is 0. The number of hydrogen-bond donors (Lipinski definition) is 1. The van der Waals surface area contributed by atoms with Crippen molar-refractivity contribution in [3.8, 4) is 0 Å². The highest BCUT2D eigenvalue weighted by Gasteiger charge is 2.38. The number of aliphatic hydroxyl groups is 1. The van der Waals surface area contributed by atoms with E-state index in [1.165, 1.54) is 5.56 Å². The lowest BCUT2D eigenvalue weighted by atomic mass is 9.82. The van der Waals surface area contributed by atoms with Gasteiger partial charge in [-0.2, -0.15) is 0 Å². The Morgan fingerprint density at radius 2 is 2.00 bits per heavy atom. The van der Waals surface area contributed by atoms with Crippen LogP contribution in [0.5, 0.6) is 0 Å². The molecule has 0 bridgehead atoms. The molecule has 1 saturated heterocycles. The standard InChI is InChI=1S/C18H27NO3/c1-5-14-6-8-15(9-7-14)18(3,4)17(21)19-10-16(11-20)22-12-13(19)2/h6-9,13,16,20H,5,10-12H2,1-4H3. The molecule has 1 amide bonds. The zero-order valence-corrected chi connectivity index (χ0v) is 14.0. The molecule has 1 fully saturated rings. The summed E-state index contributed by atoms with van der Waals surface area (Å²) in [5.41, 5.74) is 1.71. The molecule has 0 saturated carbocycles. The van der Waals surface area contributed by atoms with E-state index >= 15 is 0 Å². The number of morpholine rings is 1. The molecule has 2 unspecified atom stereocenters. The van der Waals surface area contributed by atoms with Crippen LogP contribution in [0.15, 0.2) is 24.3 Å². The summed E-state index contributed by atoms with van der Waals surface area (Å²) in [4.78, 5) is 14.9. The first-order valence-electron chi connectivity index (χ1n) is 8.03. The molecule has 1 N–H and O–H groups in total. The van der Waals surface area contributed by atoms with Crippen LogP contribution in [0.3, 0.4) is 0 Å². The van der Waals surface area contributed by atoms with E-state index in [0.717, 1.165) is 12.0 Å². The third kappa shape index (κ3) is 3.33. The molecule has 2 rings (SSSR count). The van der Waals surface area contributed by atoms with Crippen LogP contribution in [-0.4, -0.2) is 47.8 Å². The Hall–Kier alpha value is -1.39. The van der Waals surface area contributed by atoms with E-state index in [-0.39, 0.29) is 24.7 Å². The highest BCUT2D eigenvalue weighted by atomic mass is 16.5. The fraction of sp³-hybridized carbons (Fsp3) is 0.611. The maximum atomic E-state index is 13.0. The zero-order chi connectivity index (χ0) is 16.3. The molecule has 0 radical (unpaired) electrons. The largest absolute Gasteiger partial charge is 0.394 e. The second kappa shape index (κ2) is 6.80. The molecule has 4 nitrogen and oxygen atoms in total. The van der Waals surface area contributed by atoms with Crippen molar-refractivity contribution in [3.63, 3.8) is 0 Å². The van der Waals surface area contributed by atoms with E-state index in [1.54, 1.807) is 0 Å². The van der Waals surface area contributed by atoms with E-state index in [0.29, 0.717) is 13.2 Å². The Bertz CT molecular complexity index is 510. The Balaban J connectivity index is 2.21. The van der Waals surface area contributed by atoms with Gasteiger partial charge in [0.05, 0.1) is 30.8 Å². The first-order valence-corrected chi connectivity index (χ1v) is 8.03. The molecule has 0 aliphatic carbocycles. The Morgan fingerprint density at radius 3 is 2.55 bits per heavy atom. The minimum Gasteiger partial charge on any atom is -0.394 e. The lowest BCUT2D eigenvalue weighted by Crippen LogP contribution is -2.56. The molecule has 1 aromatic rings. The van der Waals surface area contributed by atoms with Crippen molar-refractivity contribution in [2.75, 3.05) is 19.8 Å². The molecule has 22 heavy (non-hydrogen) atoms. The monoisotopic (exact) mass is 305 g/mol. The summed E-state index contributed by atoms with van der Waals surface area (Å²) >= 11 is 0. The van der Waals surface area contributed by atoms with Gasteiger partial charge in [-0.1, -0.05) is 31.2 Å². The van der Waals surface area contributed by atoms with Gasteiger partial charge in [-0.05, 0) is 38.3 Å². The van der Waals surface area contributed by atoms with Crippen molar-refractivity contribution in [1.29, 1.82) is 0 Å². The summed E-state index contributed by atoms with van der Waals surface area (Å²) in [6.45, 7) is 8.91. The minimum absolute atomic E-state index is 0.0319. The molecule has 1 aliphatic rings. The third-order valence-corrected chi connectivity index (χ3v) is 4.59. The van der Waals surface area contributed by atoms with Gasteiger partial charge in [0, 0.05) is 6.54 Å². The average Bonchev–Trinajstić information content (AvgIpc) is 2.54. The van der Waals surface area contributed by atoms with Crippen LogP contribution >= 0.6 is 0 Å². The van der Waals surface area contributed by atoms with Gasteiger partial charge < -0.3 is 14.7 Å². The van der Waals surface area contributed by atoms with E-state index in [9.17, 15) is 9.90 Å². The Morgan fingerprint density at radius 1 is 1.36 bits per heavy atom. The maximum Gasteiger partial charge on any atom is 0.233 e. The van der Waals surface area contributed by atoms with E-state index in [4.69, 9.17) is 4.74 Å². The summed E-state index contributed by atoms with van der Waals surface area (Å²) in [5, 5.41) is 9.29. The number of amides is 1. The van der Waals surface area contributed by atoms with Crippen molar-refractivity contribution in [3.05, 3.63) is 35.4 Å². The fourth-order valence-electron chi connectivity index (χ4n) is 2.85. The lowest BCUT2D eigenvalue weighted by molar-refractivity contribution is -0.151. The van der Waals surface area contributed by atoms with Crippen molar-refractivity contribution < 1.29 is 14.6 Å². The molecule has 1 aliphatic heterocycles. The smallest absolute Gasteiger partial charge is 0.233 e. The van der Waals surface area contributed by atoms with Gasteiger partial charge in [0.1, 0.15) is 0 Å². The summed E-state index contributed by atoms with van der Waals surface area (Å²) in [5.74, 6) is 0.0889. The SMILES string of the molecule is CCc1ccc(C(C)(C)C(=O)N2CC(CO)OCC2C)cc1. The van der Waals surface area contributed by atoms with Gasteiger partial charge >= 0.3 is 0 Å². The van der Waals surface area contributed by atoms with E-state index in [1.807, 2.05) is 37.8 Å². The molecule has 2 atom stereocenters. The quantitative estimate of drug-likeness (QED) is 0.927. The van der Waals surface area contributed by atoms with Gasteiger partial charge in [-0.25, -0.2) is 0 Å². The predicted molar refractivity (Wildman–Crippen MR) is 86.8 cm³/mol. The molecule has 1 aromatic carbocycles. The van der Waals surface area contributed by atoms with Gasteiger partial charge in [0.15, 0.2) is 0 Å². The second-order valence-electron chi connectivity index (χ2n) is 6.62. The van der Waals surface area contributed by atoms with E-state index < -0.39 is 5.41 Å². The van der Waals surface area contributed by atoms with Gasteiger partial charge in [-0.3, -0.25) is 4.79 Å². The minimum atomic E-state index is -0.585. The van der Waals surface area contributed by atoms with Crippen molar-refractivity contribution in [1.82, 2.24) is 4.90 Å². The predicted octanol–water partition coefficient (Wildman–Crippen LogP) is 2.13. The van der Waals surface area contributed by atoms with Crippen molar-refractivity contribution >= 4 is 5.91 Å². The van der Waals surface area contributed by atoms with Gasteiger partial charge in [0.25, 0.3) is 0 Å². The van der Waals surface area contributed by atoms with Crippen LogP contribution in [0.4, 0.5) is 0 Å². The zero-order valence-electron chi connectivity index (χ0n) is 14.0. The van der Waals surface area contributed by atoms with Crippen molar-refractivity contribution in [2.45, 2.75) is 51.7 Å². The summed E-state index contributed by atoms with van der Waals surface area (Å²) in [6.07, 6.45) is 0.714. The number of benzene rings is 1. The first kappa shape index (κ1) is 17.0. The normalized spacial score (nSPS) is 22.7. The highest BCUT2D eigenvalue weighted by molar-refractivity contribution is 5.87. The number of aryl methyl sites for hydroxylation is 1. The number of aliphatic hydroxyl groups excluding tert-OH is 1. The highest BCUT2D eigenvalue weighted by Crippen LogP contribution is 2.28. The molecule has 0 spiro atoms. The molecule has 1 heterocycles. The average molecular weight is 305 g/mol. The van der Waals surface area contributed by atoms with Crippen LogP contribution in [-0.2, 0) is 21.4 Å².